The Morgan fingerprint density at radius 3 is 2.90 bits per heavy atom. The average Bonchev–Trinajstić information content (AvgIpc) is 3.06. The van der Waals surface area contributed by atoms with Gasteiger partial charge in [0.2, 0.25) is 0 Å². The third-order valence-corrected chi connectivity index (χ3v) is 3.52. The third kappa shape index (κ3) is 2.59. The Morgan fingerprint density at radius 2 is 2.14 bits per heavy atom. The van der Waals surface area contributed by atoms with E-state index >= 15 is 0 Å². The number of hydrogen-bond donors (Lipinski definition) is 0. The number of benzene rings is 1. The topological polar surface area (TPSA) is 52.7 Å². The van der Waals surface area contributed by atoms with Crippen molar-refractivity contribution in [3.63, 3.8) is 0 Å². The first-order valence-electron chi connectivity index (χ1n) is 7.08. The van der Waals surface area contributed by atoms with Crippen molar-refractivity contribution in [2.75, 3.05) is 0 Å². The van der Waals surface area contributed by atoms with Crippen molar-refractivity contribution >= 4 is 17.2 Å². The summed E-state index contributed by atoms with van der Waals surface area (Å²) in [6, 6.07) is 7.73. The molecule has 0 atom stereocenters. The smallest absolute Gasteiger partial charge is 0.150 e. The van der Waals surface area contributed by atoms with E-state index in [1.54, 1.807) is 6.33 Å². The summed E-state index contributed by atoms with van der Waals surface area (Å²) in [5, 5.41) is 5.26. The van der Waals surface area contributed by atoms with E-state index in [9.17, 15) is 4.79 Å². The molecule has 5 heteroatoms. The summed E-state index contributed by atoms with van der Waals surface area (Å²) in [5.41, 5.74) is 1.76. The molecule has 2 aromatic heterocycles. The van der Waals surface area contributed by atoms with Crippen LogP contribution < -0.4 is 0 Å². The zero-order valence-corrected chi connectivity index (χ0v) is 12.2. The highest BCUT2D eigenvalue weighted by atomic mass is 16.1. The van der Waals surface area contributed by atoms with Crippen LogP contribution in [0.3, 0.4) is 0 Å². The fraction of sp³-hybridized carbons (Fsp3) is 0.312. The molecular formula is C16H18N4O. The average molecular weight is 282 g/mol. The quantitative estimate of drug-likeness (QED) is 0.676. The second-order valence-electron chi connectivity index (χ2n) is 5.59. The van der Waals surface area contributed by atoms with Gasteiger partial charge in [-0.1, -0.05) is 26.0 Å². The molecule has 0 N–H and O–H groups in total. The Bertz CT molecular complexity index is 770. The molecule has 0 bridgehead atoms. The fourth-order valence-corrected chi connectivity index (χ4v) is 2.55. The normalized spacial score (nSPS) is 11.4. The second-order valence-corrected chi connectivity index (χ2v) is 5.59. The largest absolute Gasteiger partial charge is 0.340 e. The van der Waals surface area contributed by atoms with Gasteiger partial charge >= 0.3 is 0 Å². The molecule has 3 aromatic rings. The molecule has 5 nitrogen and oxygen atoms in total. The van der Waals surface area contributed by atoms with Crippen LogP contribution in [0.1, 0.15) is 30.0 Å². The predicted octanol–water partition coefficient (Wildman–Crippen LogP) is 2.75. The van der Waals surface area contributed by atoms with Crippen molar-refractivity contribution in [1.82, 2.24) is 19.3 Å². The maximum atomic E-state index is 11.1. The van der Waals surface area contributed by atoms with Crippen molar-refractivity contribution in [3.8, 4) is 0 Å². The summed E-state index contributed by atoms with van der Waals surface area (Å²) in [5.74, 6) is 1.45. The molecule has 0 fully saturated rings. The highest BCUT2D eigenvalue weighted by Gasteiger charge is 2.10. The van der Waals surface area contributed by atoms with Crippen molar-refractivity contribution in [2.24, 2.45) is 5.92 Å². The zero-order valence-electron chi connectivity index (χ0n) is 12.2. The summed E-state index contributed by atoms with van der Waals surface area (Å²) < 4.78 is 4.04. The van der Waals surface area contributed by atoms with E-state index in [2.05, 4.69) is 28.5 Å². The van der Waals surface area contributed by atoms with Crippen LogP contribution in [0.15, 0.2) is 36.8 Å². The molecule has 0 spiro atoms. The molecule has 21 heavy (non-hydrogen) atoms. The van der Waals surface area contributed by atoms with E-state index in [4.69, 9.17) is 0 Å². The number of nitrogens with zero attached hydrogens (tertiary/aromatic N) is 4. The number of aldehydes is 1. The monoisotopic (exact) mass is 282 g/mol. The molecule has 0 saturated carbocycles. The van der Waals surface area contributed by atoms with E-state index in [1.165, 1.54) is 0 Å². The Morgan fingerprint density at radius 1 is 1.29 bits per heavy atom. The first-order valence-corrected chi connectivity index (χ1v) is 7.08. The van der Waals surface area contributed by atoms with Crippen LogP contribution in [0.25, 0.3) is 10.9 Å². The Balaban J connectivity index is 1.96. The Kier molecular flexibility index (Phi) is 3.56. The number of carbonyl (C=O) groups is 1. The van der Waals surface area contributed by atoms with Gasteiger partial charge in [0, 0.05) is 29.2 Å². The number of fused-ring (bicyclic) bond motifs is 1. The number of hydrogen-bond acceptors (Lipinski definition) is 3. The van der Waals surface area contributed by atoms with Gasteiger partial charge in [-0.3, -0.25) is 4.79 Å². The van der Waals surface area contributed by atoms with Gasteiger partial charge in [0.25, 0.3) is 0 Å². The lowest BCUT2D eigenvalue weighted by atomic mass is 10.1. The summed E-state index contributed by atoms with van der Waals surface area (Å²) in [4.78, 5) is 15.4. The molecule has 0 unspecified atom stereocenters. The van der Waals surface area contributed by atoms with Gasteiger partial charge in [-0.15, -0.1) is 0 Å². The molecule has 2 heterocycles. The molecule has 0 aliphatic rings. The van der Waals surface area contributed by atoms with Crippen molar-refractivity contribution in [2.45, 2.75) is 26.9 Å². The van der Waals surface area contributed by atoms with E-state index in [1.807, 2.05) is 35.1 Å². The van der Waals surface area contributed by atoms with E-state index in [0.29, 0.717) is 12.5 Å². The van der Waals surface area contributed by atoms with Crippen LogP contribution in [-0.2, 0) is 13.1 Å². The van der Waals surface area contributed by atoms with Crippen LogP contribution in [0.4, 0.5) is 0 Å². The Hall–Kier alpha value is -2.43. The van der Waals surface area contributed by atoms with Crippen molar-refractivity contribution < 1.29 is 4.79 Å². The summed E-state index contributed by atoms with van der Waals surface area (Å²) in [6.45, 7) is 5.83. The molecule has 0 radical (unpaired) electrons. The van der Waals surface area contributed by atoms with Crippen LogP contribution in [0.5, 0.6) is 0 Å². The second kappa shape index (κ2) is 5.52. The number of carbonyl (C=O) groups excluding carboxylic acids is 1. The Labute approximate surface area is 123 Å². The molecular weight excluding hydrogens is 264 g/mol. The van der Waals surface area contributed by atoms with Gasteiger partial charge in [-0.05, 0) is 18.1 Å². The van der Waals surface area contributed by atoms with Gasteiger partial charge in [0.15, 0.2) is 6.29 Å². The summed E-state index contributed by atoms with van der Waals surface area (Å²) in [7, 11) is 0. The maximum absolute atomic E-state index is 11.1. The highest BCUT2D eigenvalue weighted by molar-refractivity contribution is 5.97. The van der Waals surface area contributed by atoms with E-state index < -0.39 is 0 Å². The molecule has 0 amide bonds. The van der Waals surface area contributed by atoms with Crippen LogP contribution in [0, 0.1) is 5.92 Å². The molecule has 0 aliphatic heterocycles. The molecule has 0 saturated heterocycles. The van der Waals surface area contributed by atoms with Crippen LogP contribution >= 0.6 is 0 Å². The zero-order chi connectivity index (χ0) is 14.8. The predicted molar refractivity (Wildman–Crippen MR) is 81.3 cm³/mol. The lowest BCUT2D eigenvalue weighted by Crippen LogP contribution is -2.12. The van der Waals surface area contributed by atoms with Gasteiger partial charge in [-0.25, -0.2) is 9.67 Å². The first-order chi connectivity index (χ1) is 10.2. The molecule has 3 rings (SSSR count). The first kappa shape index (κ1) is 13.5. The molecule has 108 valence electrons. The minimum Gasteiger partial charge on any atom is -0.340 e. The number of aromatic nitrogens is 4. The standard InChI is InChI=1S/C16H18N4O/c1-12(2)8-20-16(17-11-18-20)9-19-7-6-14-13(10-21)4-3-5-15(14)19/h3-7,10-12H,8-9H2,1-2H3. The lowest BCUT2D eigenvalue weighted by Gasteiger charge is -2.10. The van der Waals surface area contributed by atoms with Gasteiger partial charge in [0.05, 0.1) is 6.54 Å². The number of rotatable bonds is 5. The maximum Gasteiger partial charge on any atom is 0.150 e. The van der Waals surface area contributed by atoms with Crippen LogP contribution in [0.2, 0.25) is 0 Å². The minimum absolute atomic E-state index is 0.522. The van der Waals surface area contributed by atoms with Gasteiger partial charge < -0.3 is 4.57 Å². The van der Waals surface area contributed by atoms with Gasteiger partial charge in [0.1, 0.15) is 12.2 Å². The van der Waals surface area contributed by atoms with E-state index in [0.717, 1.165) is 35.1 Å². The van der Waals surface area contributed by atoms with E-state index in [-0.39, 0.29) is 0 Å². The van der Waals surface area contributed by atoms with Crippen molar-refractivity contribution in [1.29, 1.82) is 0 Å². The minimum atomic E-state index is 0.522. The van der Waals surface area contributed by atoms with Crippen LogP contribution in [-0.4, -0.2) is 25.6 Å². The molecule has 0 aliphatic carbocycles. The van der Waals surface area contributed by atoms with Gasteiger partial charge in [-0.2, -0.15) is 5.10 Å². The lowest BCUT2D eigenvalue weighted by molar-refractivity contribution is 0.112. The summed E-state index contributed by atoms with van der Waals surface area (Å²) >= 11 is 0. The van der Waals surface area contributed by atoms with Crippen molar-refractivity contribution in [3.05, 3.63) is 48.2 Å². The third-order valence-electron chi connectivity index (χ3n) is 3.52. The highest BCUT2D eigenvalue weighted by Crippen LogP contribution is 2.20. The fourth-order valence-electron chi connectivity index (χ4n) is 2.55. The summed E-state index contributed by atoms with van der Waals surface area (Å²) in [6.07, 6.45) is 4.49. The SMILES string of the molecule is CC(C)Cn1ncnc1Cn1ccc2c(C=O)cccc21. The molecule has 1 aromatic carbocycles.